The number of halogens is 1. The van der Waals surface area contributed by atoms with Gasteiger partial charge in [-0.15, -0.1) is 0 Å². The molecule has 0 atom stereocenters. The number of nitrogens with one attached hydrogen (secondary N) is 1. The summed E-state index contributed by atoms with van der Waals surface area (Å²) in [6, 6.07) is 7.53. The Morgan fingerprint density at radius 2 is 2.10 bits per heavy atom. The number of carbonyl (C=O) groups excluding carboxylic acids is 1. The first-order valence-electron chi connectivity index (χ1n) is 9.73. The molecule has 0 saturated heterocycles. The minimum Gasteiger partial charge on any atom is -0.328 e. The van der Waals surface area contributed by atoms with E-state index in [1.54, 1.807) is 4.68 Å². The number of benzene rings is 1. The van der Waals surface area contributed by atoms with Crippen LogP contribution in [0.4, 0.5) is 4.79 Å². The Balaban J connectivity index is 1.54. The van der Waals surface area contributed by atoms with Crippen molar-refractivity contribution in [3.8, 4) is 5.82 Å². The van der Waals surface area contributed by atoms with Crippen LogP contribution in [0.15, 0.2) is 30.5 Å². The number of hydrogen-bond acceptors (Lipinski definition) is 5. The lowest BCUT2D eigenvalue weighted by Gasteiger charge is -2.11. The SMILES string of the molecule is Cc1nn(C)c(-n2ccc3cc(Cl)ccc32)c1CCS(=O)(=O)OC(=O)NCC1CC1. The van der Waals surface area contributed by atoms with Crippen molar-refractivity contribution in [2.45, 2.75) is 26.2 Å². The zero-order chi connectivity index (χ0) is 21.5. The first-order chi connectivity index (χ1) is 14.2. The molecule has 8 nitrogen and oxygen atoms in total. The van der Waals surface area contributed by atoms with Gasteiger partial charge in [-0.25, -0.2) is 4.79 Å². The van der Waals surface area contributed by atoms with Crippen LogP contribution in [0.3, 0.4) is 0 Å². The van der Waals surface area contributed by atoms with Gasteiger partial charge >= 0.3 is 16.2 Å². The van der Waals surface area contributed by atoms with Gasteiger partial charge < -0.3 is 14.1 Å². The smallest absolute Gasteiger partial charge is 0.328 e. The fourth-order valence-electron chi connectivity index (χ4n) is 3.55. The summed E-state index contributed by atoms with van der Waals surface area (Å²) in [5, 5.41) is 8.58. The van der Waals surface area contributed by atoms with Gasteiger partial charge in [0.15, 0.2) is 0 Å². The molecule has 30 heavy (non-hydrogen) atoms. The van der Waals surface area contributed by atoms with Crippen LogP contribution in [0.1, 0.15) is 24.1 Å². The van der Waals surface area contributed by atoms with Gasteiger partial charge in [0, 0.05) is 35.8 Å². The first kappa shape index (κ1) is 20.7. The summed E-state index contributed by atoms with van der Waals surface area (Å²) in [4.78, 5) is 11.8. The molecule has 4 rings (SSSR count). The van der Waals surface area contributed by atoms with Crippen LogP contribution >= 0.6 is 11.6 Å². The van der Waals surface area contributed by atoms with Gasteiger partial charge in [0.05, 0.1) is 17.0 Å². The maximum absolute atomic E-state index is 12.3. The molecule has 0 radical (unpaired) electrons. The van der Waals surface area contributed by atoms with Crippen molar-refractivity contribution in [1.29, 1.82) is 0 Å². The van der Waals surface area contributed by atoms with Crippen molar-refractivity contribution >= 4 is 38.7 Å². The zero-order valence-corrected chi connectivity index (χ0v) is 18.3. The fraction of sp³-hybridized carbons (Fsp3) is 0.400. The summed E-state index contributed by atoms with van der Waals surface area (Å²) in [6.07, 6.45) is 3.25. The van der Waals surface area contributed by atoms with Gasteiger partial charge in [0.2, 0.25) is 0 Å². The third-order valence-corrected chi connectivity index (χ3v) is 6.57. The van der Waals surface area contributed by atoms with Crippen molar-refractivity contribution < 1.29 is 17.4 Å². The van der Waals surface area contributed by atoms with Crippen LogP contribution in [0, 0.1) is 12.8 Å². The number of aromatic nitrogens is 3. The van der Waals surface area contributed by atoms with Crippen LogP contribution in [-0.4, -0.2) is 41.2 Å². The van der Waals surface area contributed by atoms with E-state index in [4.69, 9.17) is 11.6 Å². The van der Waals surface area contributed by atoms with Crippen molar-refractivity contribution in [2.75, 3.05) is 12.3 Å². The van der Waals surface area contributed by atoms with Crippen LogP contribution in [-0.2, 0) is 27.8 Å². The monoisotopic (exact) mass is 450 g/mol. The number of rotatable bonds is 7. The highest BCUT2D eigenvalue weighted by Crippen LogP contribution is 2.28. The number of aryl methyl sites for hydroxylation is 2. The highest BCUT2D eigenvalue weighted by atomic mass is 35.5. The van der Waals surface area contributed by atoms with Gasteiger partial charge in [0.1, 0.15) is 5.82 Å². The molecule has 1 aliphatic carbocycles. The van der Waals surface area contributed by atoms with Crippen molar-refractivity contribution in [3.63, 3.8) is 0 Å². The van der Waals surface area contributed by atoms with E-state index < -0.39 is 16.2 Å². The van der Waals surface area contributed by atoms with Crippen molar-refractivity contribution in [1.82, 2.24) is 19.7 Å². The Labute approximate surface area is 179 Å². The van der Waals surface area contributed by atoms with Gasteiger partial charge in [-0.1, -0.05) is 11.6 Å². The minimum atomic E-state index is -4.02. The standard InChI is InChI=1S/C20H23ClN4O4S/c1-13-17(8-10-30(27,28)29-20(26)22-12-14-3-4-14)19(24(2)23-13)25-9-7-15-11-16(21)5-6-18(15)25/h5-7,9,11,14H,3-4,8,10,12H2,1-2H3,(H,22,26). The normalized spacial score (nSPS) is 14.2. The molecule has 0 unspecified atom stereocenters. The summed E-state index contributed by atoms with van der Waals surface area (Å²) in [5.41, 5.74) is 2.43. The average Bonchev–Trinajstić information content (AvgIpc) is 3.35. The number of carbonyl (C=O) groups is 1. The summed E-state index contributed by atoms with van der Waals surface area (Å²) < 4.78 is 33.0. The van der Waals surface area contributed by atoms with Crippen LogP contribution in [0.5, 0.6) is 0 Å². The van der Waals surface area contributed by atoms with Gasteiger partial charge in [-0.3, -0.25) is 4.68 Å². The summed E-state index contributed by atoms with van der Waals surface area (Å²) in [6.45, 7) is 2.28. The Morgan fingerprint density at radius 3 is 2.83 bits per heavy atom. The molecule has 1 fully saturated rings. The number of hydrogen-bond donors (Lipinski definition) is 1. The fourth-order valence-corrected chi connectivity index (χ4v) is 4.55. The molecule has 10 heteroatoms. The van der Waals surface area contributed by atoms with Crippen molar-refractivity contribution in [3.05, 3.63) is 46.7 Å². The molecule has 1 aliphatic rings. The quantitative estimate of drug-likeness (QED) is 0.557. The topological polar surface area (TPSA) is 95.2 Å². The van der Waals surface area contributed by atoms with E-state index in [0.29, 0.717) is 17.5 Å². The zero-order valence-electron chi connectivity index (χ0n) is 16.8. The number of fused-ring (bicyclic) bond motifs is 1. The molecule has 1 saturated carbocycles. The molecular weight excluding hydrogens is 428 g/mol. The van der Waals surface area contributed by atoms with Crippen molar-refractivity contribution in [2.24, 2.45) is 13.0 Å². The van der Waals surface area contributed by atoms with Crippen LogP contribution < -0.4 is 5.32 Å². The number of nitrogens with zero attached hydrogens (tertiary/aromatic N) is 3. The predicted octanol–water partition coefficient (Wildman–Crippen LogP) is 3.33. The van der Waals surface area contributed by atoms with E-state index in [2.05, 4.69) is 14.6 Å². The van der Waals surface area contributed by atoms with Crippen LogP contribution in [0.25, 0.3) is 16.7 Å². The largest absolute Gasteiger partial charge is 0.422 e. The second kappa shape index (κ2) is 7.96. The molecule has 160 valence electrons. The molecule has 2 aromatic heterocycles. The number of amides is 1. The third kappa shape index (κ3) is 4.46. The second-order valence-electron chi connectivity index (χ2n) is 7.61. The van der Waals surface area contributed by atoms with Gasteiger partial charge in [0.25, 0.3) is 0 Å². The van der Waals surface area contributed by atoms with E-state index >= 15 is 0 Å². The highest BCUT2D eigenvalue weighted by molar-refractivity contribution is 7.87. The third-order valence-electron chi connectivity index (χ3n) is 5.23. The van der Waals surface area contributed by atoms with E-state index in [-0.39, 0.29) is 12.2 Å². The Hall–Kier alpha value is -2.52. The van der Waals surface area contributed by atoms with E-state index in [1.165, 1.54) is 0 Å². The van der Waals surface area contributed by atoms with E-state index in [1.807, 2.05) is 49.0 Å². The molecule has 1 N–H and O–H groups in total. The summed E-state index contributed by atoms with van der Waals surface area (Å²) >= 11 is 6.09. The molecule has 0 bridgehead atoms. The second-order valence-corrected chi connectivity index (χ2v) is 9.73. The minimum absolute atomic E-state index is 0.167. The summed E-state index contributed by atoms with van der Waals surface area (Å²) in [5.74, 6) is 0.874. The lowest BCUT2D eigenvalue weighted by molar-refractivity contribution is 0.202. The van der Waals surface area contributed by atoms with Crippen LogP contribution in [0.2, 0.25) is 5.02 Å². The maximum atomic E-state index is 12.3. The highest BCUT2D eigenvalue weighted by Gasteiger charge is 2.25. The molecule has 0 aliphatic heterocycles. The Bertz CT molecular complexity index is 1210. The maximum Gasteiger partial charge on any atom is 0.422 e. The predicted molar refractivity (Wildman–Crippen MR) is 114 cm³/mol. The Kier molecular flexibility index (Phi) is 5.50. The molecule has 1 amide bonds. The van der Waals surface area contributed by atoms with E-state index in [0.717, 1.165) is 40.8 Å². The molecule has 2 heterocycles. The van der Waals surface area contributed by atoms with Gasteiger partial charge in [-0.05, 0) is 56.4 Å². The van der Waals surface area contributed by atoms with E-state index in [9.17, 15) is 13.2 Å². The summed E-state index contributed by atoms with van der Waals surface area (Å²) in [7, 11) is -2.21. The first-order valence-corrected chi connectivity index (χ1v) is 11.7. The average molecular weight is 451 g/mol. The molecular formula is C20H23ClN4O4S. The van der Waals surface area contributed by atoms with Gasteiger partial charge in [-0.2, -0.15) is 13.5 Å². The molecule has 0 spiro atoms. The molecule has 1 aromatic carbocycles. The Morgan fingerprint density at radius 1 is 1.33 bits per heavy atom. The molecule has 3 aromatic rings. The lowest BCUT2D eigenvalue weighted by Crippen LogP contribution is -2.29. The lowest BCUT2D eigenvalue weighted by atomic mass is 10.2.